The fourth-order valence-electron chi connectivity index (χ4n) is 1.47. The Morgan fingerprint density at radius 1 is 1.16 bits per heavy atom. The predicted octanol–water partition coefficient (Wildman–Crippen LogP) is 3.53. The highest BCUT2D eigenvalue weighted by atomic mass is 16.5. The third-order valence-corrected chi connectivity index (χ3v) is 3.10. The van der Waals surface area contributed by atoms with Gasteiger partial charge in [0, 0.05) is 12.1 Å². The van der Waals surface area contributed by atoms with Gasteiger partial charge in [0.1, 0.15) is 0 Å². The van der Waals surface area contributed by atoms with Gasteiger partial charge in [-0.3, -0.25) is 4.98 Å². The average Bonchev–Trinajstić information content (AvgIpc) is 2.33. The van der Waals surface area contributed by atoms with Gasteiger partial charge in [0.05, 0.1) is 24.1 Å². The van der Waals surface area contributed by atoms with Crippen molar-refractivity contribution < 1.29 is 4.74 Å². The Labute approximate surface area is 117 Å². The number of aromatic nitrogens is 1. The fourth-order valence-corrected chi connectivity index (χ4v) is 1.47. The fraction of sp³-hybridized carbons (Fsp3) is 0.688. The Balaban J connectivity index is 2.52. The molecule has 0 fully saturated rings. The van der Waals surface area contributed by atoms with Gasteiger partial charge in [-0.2, -0.15) is 0 Å². The van der Waals surface area contributed by atoms with E-state index in [1.165, 1.54) is 0 Å². The van der Waals surface area contributed by atoms with Crippen LogP contribution in [-0.2, 0) is 17.9 Å². The number of nitrogens with zero attached hydrogens (tertiary/aromatic N) is 1. The maximum absolute atomic E-state index is 5.81. The van der Waals surface area contributed by atoms with Gasteiger partial charge in [-0.1, -0.05) is 19.9 Å². The van der Waals surface area contributed by atoms with Gasteiger partial charge in [0.2, 0.25) is 0 Å². The van der Waals surface area contributed by atoms with Crippen LogP contribution in [-0.4, -0.2) is 16.6 Å². The molecule has 0 saturated carbocycles. The SMILES string of the molecule is CC(C)C(C)OCc1cccc(CNC(C)(C)C)n1. The Bertz CT molecular complexity index is 383. The van der Waals surface area contributed by atoms with Gasteiger partial charge >= 0.3 is 0 Å². The van der Waals surface area contributed by atoms with Crippen molar-refractivity contribution in [3.8, 4) is 0 Å². The van der Waals surface area contributed by atoms with Crippen molar-refractivity contribution in [1.82, 2.24) is 10.3 Å². The number of hydrogen-bond acceptors (Lipinski definition) is 3. The van der Waals surface area contributed by atoms with Crippen molar-refractivity contribution in [2.24, 2.45) is 5.92 Å². The highest BCUT2D eigenvalue weighted by molar-refractivity contribution is 5.10. The minimum Gasteiger partial charge on any atom is -0.372 e. The maximum Gasteiger partial charge on any atom is 0.0891 e. The Hall–Kier alpha value is -0.930. The van der Waals surface area contributed by atoms with E-state index in [1.54, 1.807) is 0 Å². The van der Waals surface area contributed by atoms with Crippen LogP contribution in [0.3, 0.4) is 0 Å². The zero-order valence-electron chi connectivity index (χ0n) is 13.2. The first-order valence-corrected chi connectivity index (χ1v) is 7.09. The van der Waals surface area contributed by atoms with Crippen molar-refractivity contribution in [3.63, 3.8) is 0 Å². The van der Waals surface area contributed by atoms with Gasteiger partial charge in [-0.25, -0.2) is 0 Å². The second-order valence-electron chi connectivity index (χ2n) is 6.48. The Morgan fingerprint density at radius 3 is 2.37 bits per heavy atom. The Morgan fingerprint density at radius 2 is 1.79 bits per heavy atom. The van der Waals surface area contributed by atoms with E-state index < -0.39 is 0 Å². The Kier molecular flexibility index (Phi) is 5.95. The third-order valence-electron chi connectivity index (χ3n) is 3.10. The molecular weight excluding hydrogens is 236 g/mol. The van der Waals surface area contributed by atoms with E-state index in [-0.39, 0.29) is 11.6 Å². The van der Waals surface area contributed by atoms with E-state index in [4.69, 9.17) is 4.74 Å². The summed E-state index contributed by atoms with van der Waals surface area (Å²) in [7, 11) is 0. The molecule has 1 N–H and O–H groups in total. The number of pyridine rings is 1. The first-order valence-electron chi connectivity index (χ1n) is 7.09. The number of rotatable bonds is 6. The highest BCUT2D eigenvalue weighted by Gasteiger charge is 2.10. The molecule has 3 nitrogen and oxygen atoms in total. The minimum atomic E-state index is 0.111. The van der Waals surface area contributed by atoms with E-state index in [0.29, 0.717) is 12.5 Å². The van der Waals surface area contributed by atoms with Crippen LogP contribution in [0.5, 0.6) is 0 Å². The molecule has 0 aliphatic carbocycles. The van der Waals surface area contributed by atoms with Crippen LogP contribution < -0.4 is 5.32 Å². The molecule has 1 unspecified atom stereocenters. The number of hydrogen-bond donors (Lipinski definition) is 1. The van der Waals surface area contributed by atoms with Crippen LogP contribution in [0, 0.1) is 5.92 Å². The normalized spacial score (nSPS) is 13.8. The van der Waals surface area contributed by atoms with Crippen LogP contribution in [0.2, 0.25) is 0 Å². The maximum atomic E-state index is 5.81. The van der Waals surface area contributed by atoms with Crippen LogP contribution in [0.4, 0.5) is 0 Å². The molecule has 0 saturated heterocycles. The molecule has 1 atom stereocenters. The standard InChI is InChI=1S/C16H28N2O/c1-12(2)13(3)19-11-15-9-7-8-14(18-15)10-17-16(4,5)6/h7-9,12-13,17H,10-11H2,1-6H3. The average molecular weight is 264 g/mol. The van der Waals surface area contributed by atoms with Crippen molar-refractivity contribution in [2.75, 3.05) is 0 Å². The molecule has 0 aliphatic heterocycles. The van der Waals surface area contributed by atoms with Crippen LogP contribution >= 0.6 is 0 Å². The van der Waals surface area contributed by atoms with Crippen LogP contribution in [0.25, 0.3) is 0 Å². The zero-order valence-corrected chi connectivity index (χ0v) is 13.2. The molecule has 0 amide bonds. The third kappa shape index (κ3) is 6.69. The molecule has 1 aromatic heterocycles. The summed E-state index contributed by atoms with van der Waals surface area (Å²) in [6, 6.07) is 6.12. The van der Waals surface area contributed by atoms with E-state index in [2.05, 4.69) is 51.8 Å². The lowest BCUT2D eigenvalue weighted by atomic mass is 10.1. The molecule has 0 bridgehead atoms. The summed E-state index contributed by atoms with van der Waals surface area (Å²) in [5, 5.41) is 3.45. The molecule has 1 rings (SSSR count). The molecule has 0 aliphatic rings. The lowest BCUT2D eigenvalue weighted by molar-refractivity contribution is 0.0217. The zero-order chi connectivity index (χ0) is 14.5. The minimum absolute atomic E-state index is 0.111. The topological polar surface area (TPSA) is 34.1 Å². The summed E-state index contributed by atoms with van der Waals surface area (Å²) in [5.74, 6) is 0.533. The highest BCUT2D eigenvalue weighted by Crippen LogP contribution is 2.09. The number of ether oxygens (including phenoxy) is 1. The van der Waals surface area contributed by atoms with E-state index in [9.17, 15) is 0 Å². The summed E-state index contributed by atoms with van der Waals surface area (Å²) >= 11 is 0. The lowest BCUT2D eigenvalue weighted by Gasteiger charge is -2.20. The summed E-state index contributed by atoms with van der Waals surface area (Å²) in [5.41, 5.74) is 2.18. The summed E-state index contributed by atoms with van der Waals surface area (Å²) < 4.78 is 5.81. The molecular formula is C16H28N2O. The van der Waals surface area contributed by atoms with Crippen LogP contribution in [0.1, 0.15) is 52.9 Å². The second kappa shape index (κ2) is 7.01. The van der Waals surface area contributed by atoms with Gasteiger partial charge in [0.25, 0.3) is 0 Å². The van der Waals surface area contributed by atoms with E-state index in [0.717, 1.165) is 17.9 Å². The van der Waals surface area contributed by atoms with Gasteiger partial charge in [0.15, 0.2) is 0 Å². The molecule has 1 aromatic rings. The molecule has 1 heterocycles. The monoisotopic (exact) mass is 264 g/mol. The van der Waals surface area contributed by atoms with Gasteiger partial charge < -0.3 is 10.1 Å². The lowest BCUT2D eigenvalue weighted by Crippen LogP contribution is -2.35. The van der Waals surface area contributed by atoms with Crippen molar-refractivity contribution >= 4 is 0 Å². The van der Waals surface area contributed by atoms with Crippen molar-refractivity contribution in [2.45, 2.75) is 66.3 Å². The van der Waals surface area contributed by atoms with E-state index in [1.807, 2.05) is 18.2 Å². The number of nitrogens with one attached hydrogen (secondary N) is 1. The van der Waals surface area contributed by atoms with E-state index >= 15 is 0 Å². The summed E-state index contributed by atoms with van der Waals surface area (Å²) in [4.78, 5) is 4.62. The smallest absolute Gasteiger partial charge is 0.0891 e. The van der Waals surface area contributed by atoms with Crippen molar-refractivity contribution in [3.05, 3.63) is 29.6 Å². The molecule has 0 aromatic carbocycles. The summed E-state index contributed by atoms with van der Waals surface area (Å²) in [6.07, 6.45) is 0.262. The molecule has 0 radical (unpaired) electrons. The molecule has 108 valence electrons. The summed E-state index contributed by atoms with van der Waals surface area (Å²) in [6.45, 7) is 14.3. The second-order valence-corrected chi connectivity index (χ2v) is 6.48. The largest absolute Gasteiger partial charge is 0.372 e. The molecule has 3 heteroatoms. The first-order chi connectivity index (χ1) is 8.78. The van der Waals surface area contributed by atoms with Gasteiger partial charge in [-0.15, -0.1) is 0 Å². The predicted molar refractivity (Wildman–Crippen MR) is 79.9 cm³/mol. The molecule has 19 heavy (non-hydrogen) atoms. The van der Waals surface area contributed by atoms with Crippen molar-refractivity contribution in [1.29, 1.82) is 0 Å². The first kappa shape index (κ1) is 16.1. The van der Waals surface area contributed by atoms with Gasteiger partial charge in [-0.05, 0) is 45.7 Å². The van der Waals surface area contributed by atoms with Crippen LogP contribution in [0.15, 0.2) is 18.2 Å². The molecule has 0 spiro atoms. The quantitative estimate of drug-likeness (QED) is 0.853.